The predicted octanol–water partition coefficient (Wildman–Crippen LogP) is 12.2. The molecule has 0 saturated carbocycles. The van der Waals surface area contributed by atoms with Crippen molar-refractivity contribution in [2.45, 2.75) is 100.0 Å². The van der Waals surface area contributed by atoms with E-state index < -0.39 is 18.4 Å². The average molecular weight is 906 g/mol. The summed E-state index contributed by atoms with van der Waals surface area (Å²) in [6.07, 6.45) is 8.85. The molecule has 0 bridgehead atoms. The fraction of sp³-hybridized carbons (Fsp3) is 0.436. The Morgan fingerprint density at radius 2 is 1.10 bits per heavy atom. The normalized spacial score (nSPS) is 11.1. The molecule has 0 atom stereocenters. The van der Waals surface area contributed by atoms with Crippen LogP contribution in [0.1, 0.15) is 90.2 Å². The number of hydrogen-bond acceptors (Lipinski definition) is 9. The van der Waals surface area contributed by atoms with Crippen molar-refractivity contribution >= 4 is 105 Å². The molecule has 3 aromatic carbocycles. The summed E-state index contributed by atoms with van der Waals surface area (Å²) in [4.78, 5) is 23.6. The summed E-state index contributed by atoms with van der Waals surface area (Å²) in [5.41, 5.74) is 4.45. The molecule has 0 saturated heterocycles. The van der Waals surface area contributed by atoms with Crippen molar-refractivity contribution in [1.29, 1.82) is 0 Å². The maximum Gasteiger partial charge on any atom is 0.152 e. The zero-order valence-electron chi connectivity index (χ0n) is 30.3. The molecule has 11 heteroatoms. The van der Waals surface area contributed by atoms with E-state index in [1.807, 2.05) is 63.2 Å². The molecule has 0 fully saturated rings. The molecule has 0 radical (unpaired) electrons. The Hall–Kier alpha value is -1.80. The molecule has 6 aromatic rings. The van der Waals surface area contributed by atoms with Crippen LogP contribution in [0.2, 0.25) is 13.3 Å². The maximum absolute atomic E-state index is 10.6. The number of aliphatic hydroxyl groups is 2. The molecule has 0 aliphatic carbocycles. The molecule has 3 heterocycles. The zero-order valence-corrected chi connectivity index (χ0v) is 37.2. The van der Waals surface area contributed by atoms with E-state index in [-0.39, 0.29) is 6.61 Å². The van der Waals surface area contributed by atoms with Gasteiger partial charge in [-0.15, -0.1) is 34.0 Å². The number of aryl methyl sites for hydroxylation is 3. The number of hydrogen-bond donors (Lipinski definition) is 2. The number of benzene rings is 3. The first kappa shape index (κ1) is 42.6. The first-order valence-electron chi connectivity index (χ1n) is 17.5. The van der Waals surface area contributed by atoms with Gasteiger partial charge in [0.15, 0.2) is 6.29 Å². The van der Waals surface area contributed by atoms with Gasteiger partial charge in [0.25, 0.3) is 0 Å². The van der Waals surface area contributed by atoms with Gasteiger partial charge in [-0.05, 0) is 67.0 Å². The number of unbranched alkanes of at least 4 members (excludes halogenated alkanes) is 3. The van der Waals surface area contributed by atoms with E-state index in [0.717, 1.165) is 57.3 Å². The molecule has 6 rings (SSSR count). The number of thiazole rings is 3. The maximum atomic E-state index is 10.6. The summed E-state index contributed by atoms with van der Waals surface area (Å²) in [5.74, 6) is 0. The number of halogens is 1. The van der Waals surface area contributed by atoms with Crippen LogP contribution in [-0.2, 0) is 6.61 Å². The van der Waals surface area contributed by atoms with Crippen LogP contribution >= 0.6 is 49.9 Å². The molecule has 0 spiro atoms. The molecule has 6 nitrogen and oxygen atoms in total. The standard InChI is InChI=1S/C9H9NOS.C9H7NOS.C8H6BrNS.3C4H9.CH3O.Sn/c2*1-6-10-9-7(5-11)3-2-4-8(9)12-6;1-5-10-8-6(9)3-2-4-7(8)11-5;3*1-3-4-2;1-2;/h2-4,11H,5H2,1H3;2-5H,1H3;2-4H,1H3;3*1,3-4H2,2H3;2H,1H2;. The van der Waals surface area contributed by atoms with E-state index in [1.54, 1.807) is 40.1 Å². The first-order valence-corrected chi connectivity index (χ1v) is 28.8. The predicted molar refractivity (Wildman–Crippen MR) is 224 cm³/mol. The Kier molecular flexibility index (Phi) is 19.0. The summed E-state index contributed by atoms with van der Waals surface area (Å²) < 4.78 is 9.46. The summed E-state index contributed by atoms with van der Waals surface area (Å²) in [6.45, 7) is 12.8. The van der Waals surface area contributed by atoms with Crippen LogP contribution in [0.25, 0.3) is 30.6 Å². The fourth-order valence-electron chi connectivity index (χ4n) is 5.71. The number of rotatable bonds is 12. The molecule has 0 unspecified atom stereocenters. The molecule has 270 valence electrons. The average Bonchev–Trinajstić information content (AvgIpc) is 3.83. The third-order valence-corrected chi connectivity index (χ3v) is 25.9. The second-order valence-corrected chi connectivity index (χ2v) is 30.8. The Balaban J connectivity index is 0.000000181. The molecule has 2 N–H and O–H groups in total. The van der Waals surface area contributed by atoms with Crippen LogP contribution < -0.4 is 0 Å². The monoisotopic (exact) mass is 905 g/mol. The van der Waals surface area contributed by atoms with E-state index in [0.29, 0.717) is 10.2 Å². The molecular formula is C39H52BrN3O3S3Sn. The summed E-state index contributed by atoms with van der Waals surface area (Å²) in [5, 5.41) is 21.9. The quantitative estimate of drug-likeness (QED) is 0.0938. The Bertz CT molecular complexity index is 1880. The van der Waals surface area contributed by atoms with E-state index in [4.69, 9.17) is 5.11 Å². The van der Waals surface area contributed by atoms with Gasteiger partial charge in [0.05, 0.1) is 52.3 Å². The molecule has 50 heavy (non-hydrogen) atoms. The number of carbonyl (C=O) groups is 1. The van der Waals surface area contributed by atoms with Crippen molar-refractivity contribution < 1.29 is 15.0 Å². The summed E-state index contributed by atoms with van der Waals surface area (Å²) >= 11 is 6.39. The van der Waals surface area contributed by atoms with Crippen LogP contribution in [0.3, 0.4) is 0 Å². The Morgan fingerprint density at radius 3 is 1.56 bits per heavy atom. The SMILES string of the molecule is CCC[CH2][Sn]([CH2]O)([CH2]CCC)[CH2]CCC.Cc1nc2c(Br)cccc2s1.Cc1nc2c(C=O)cccc2s1.Cc1nc2c(CO)cccc2s1. The van der Waals surface area contributed by atoms with Gasteiger partial charge in [-0.1, -0.05) is 24.3 Å². The van der Waals surface area contributed by atoms with Crippen LogP contribution in [-0.4, -0.2) is 54.5 Å². The van der Waals surface area contributed by atoms with Crippen molar-refractivity contribution in [2.75, 3.05) is 4.62 Å². The van der Waals surface area contributed by atoms with Gasteiger partial charge in [0.1, 0.15) is 0 Å². The van der Waals surface area contributed by atoms with Crippen LogP contribution in [0.5, 0.6) is 0 Å². The number of aliphatic hydroxyl groups excluding tert-OH is 2. The van der Waals surface area contributed by atoms with Crippen LogP contribution in [0.4, 0.5) is 0 Å². The zero-order chi connectivity index (χ0) is 36.5. The molecule has 3 aromatic heterocycles. The van der Waals surface area contributed by atoms with Crippen molar-refractivity contribution in [3.8, 4) is 0 Å². The fourth-order valence-corrected chi connectivity index (χ4v) is 21.8. The molecular weight excluding hydrogens is 853 g/mol. The molecule has 0 amide bonds. The van der Waals surface area contributed by atoms with Gasteiger partial charge in [0.2, 0.25) is 0 Å². The number of nitrogens with zero attached hydrogens (tertiary/aromatic N) is 3. The van der Waals surface area contributed by atoms with Crippen molar-refractivity contribution in [2.24, 2.45) is 0 Å². The van der Waals surface area contributed by atoms with Gasteiger partial charge in [-0.2, -0.15) is 0 Å². The van der Waals surface area contributed by atoms with Gasteiger partial charge < -0.3 is 5.11 Å². The van der Waals surface area contributed by atoms with Gasteiger partial charge in [-0.3, -0.25) is 4.79 Å². The Labute approximate surface area is 322 Å². The number of carbonyl (C=O) groups excluding carboxylic acids is 1. The first-order chi connectivity index (χ1) is 24.1. The van der Waals surface area contributed by atoms with Gasteiger partial charge in [0, 0.05) is 15.6 Å². The number of para-hydroxylation sites is 3. The Morgan fingerprint density at radius 1 is 0.660 bits per heavy atom. The second kappa shape index (κ2) is 22.3. The van der Waals surface area contributed by atoms with Crippen LogP contribution in [0, 0.1) is 20.8 Å². The van der Waals surface area contributed by atoms with E-state index in [9.17, 15) is 9.90 Å². The van der Waals surface area contributed by atoms with E-state index in [2.05, 4.69) is 57.7 Å². The van der Waals surface area contributed by atoms with Crippen molar-refractivity contribution in [3.63, 3.8) is 0 Å². The minimum atomic E-state index is -2.06. The van der Waals surface area contributed by atoms with Gasteiger partial charge in [-0.25, -0.2) is 15.0 Å². The number of aldehydes is 1. The van der Waals surface area contributed by atoms with Crippen molar-refractivity contribution in [3.05, 3.63) is 85.2 Å². The van der Waals surface area contributed by atoms with Crippen molar-refractivity contribution in [1.82, 2.24) is 15.0 Å². The minimum Gasteiger partial charge on any atom is -0.392 e. The number of aromatic nitrogens is 3. The molecule has 0 aliphatic heterocycles. The van der Waals surface area contributed by atoms with E-state index >= 15 is 0 Å². The summed E-state index contributed by atoms with van der Waals surface area (Å²) in [6, 6.07) is 17.7. The minimum absolute atomic E-state index is 0.0700. The van der Waals surface area contributed by atoms with Gasteiger partial charge >= 0.3 is 101 Å². The topological polar surface area (TPSA) is 96.2 Å². The third kappa shape index (κ3) is 12.7. The summed E-state index contributed by atoms with van der Waals surface area (Å²) in [7, 11) is 0. The molecule has 0 aliphatic rings. The van der Waals surface area contributed by atoms with Crippen LogP contribution in [0.15, 0.2) is 59.1 Å². The second-order valence-electron chi connectivity index (χ2n) is 12.5. The largest absolute Gasteiger partial charge is 0.392 e. The third-order valence-electron chi connectivity index (χ3n) is 8.46. The number of fused-ring (bicyclic) bond motifs is 3. The van der Waals surface area contributed by atoms with E-state index in [1.165, 1.54) is 56.5 Å². The smallest absolute Gasteiger partial charge is 0.152 e.